The van der Waals surface area contributed by atoms with Crippen molar-refractivity contribution < 1.29 is 23.5 Å². The van der Waals surface area contributed by atoms with Crippen LogP contribution in [0.2, 0.25) is 0 Å². The molecule has 0 aromatic heterocycles. The highest BCUT2D eigenvalue weighted by atomic mass is 19.1. The van der Waals surface area contributed by atoms with E-state index in [4.69, 9.17) is 9.47 Å². The molecule has 0 radical (unpaired) electrons. The summed E-state index contributed by atoms with van der Waals surface area (Å²) in [5.41, 5.74) is 1.99. The van der Waals surface area contributed by atoms with E-state index in [1.54, 1.807) is 19.9 Å². The van der Waals surface area contributed by atoms with Crippen LogP contribution in [0, 0.1) is 5.82 Å². The van der Waals surface area contributed by atoms with Crippen molar-refractivity contribution in [3.05, 3.63) is 40.7 Å². The highest BCUT2D eigenvalue weighted by Gasteiger charge is 2.30. The van der Waals surface area contributed by atoms with Crippen molar-refractivity contribution in [2.75, 3.05) is 13.2 Å². The first kappa shape index (κ1) is 15.2. The van der Waals surface area contributed by atoms with Crippen LogP contribution in [0.3, 0.4) is 0 Å². The summed E-state index contributed by atoms with van der Waals surface area (Å²) in [6.45, 7) is 3.68. The fourth-order valence-electron chi connectivity index (χ4n) is 2.45. The number of carbonyl (C=O) groups is 2. The third-order valence-corrected chi connectivity index (χ3v) is 3.30. The van der Waals surface area contributed by atoms with Crippen LogP contribution < -0.4 is 0 Å². The molecule has 0 fully saturated rings. The van der Waals surface area contributed by atoms with Gasteiger partial charge in [0.25, 0.3) is 0 Å². The van der Waals surface area contributed by atoms with Crippen LogP contribution in [0.4, 0.5) is 4.39 Å². The van der Waals surface area contributed by atoms with Crippen molar-refractivity contribution in [1.82, 2.24) is 0 Å². The number of carbonyl (C=O) groups excluding carboxylic acids is 2. The molecule has 1 aliphatic carbocycles. The minimum atomic E-state index is -0.692. The lowest BCUT2D eigenvalue weighted by Crippen LogP contribution is -2.20. The smallest absolute Gasteiger partial charge is 0.345 e. The standard InChI is InChI=1S/C16H17FO4/c1-3-20-15(18)14(16(19)21-4-2)13-7-5-10-9-11(17)6-8-12(10)13/h6,8-9H,3-5,7H2,1-2H3. The van der Waals surface area contributed by atoms with Crippen molar-refractivity contribution in [2.45, 2.75) is 26.7 Å². The predicted molar refractivity (Wildman–Crippen MR) is 74.9 cm³/mol. The lowest BCUT2D eigenvalue weighted by Gasteiger charge is -2.10. The molecule has 1 aromatic carbocycles. The Morgan fingerprint density at radius 1 is 1.10 bits per heavy atom. The molecule has 112 valence electrons. The number of benzene rings is 1. The van der Waals surface area contributed by atoms with E-state index in [0.29, 0.717) is 24.0 Å². The molecule has 0 unspecified atom stereocenters. The van der Waals surface area contributed by atoms with Crippen LogP contribution in [0.5, 0.6) is 0 Å². The van der Waals surface area contributed by atoms with Gasteiger partial charge in [-0.1, -0.05) is 6.07 Å². The lowest BCUT2D eigenvalue weighted by atomic mass is 10.0. The molecule has 1 aromatic rings. The van der Waals surface area contributed by atoms with Gasteiger partial charge in [0.05, 0.1) is 13.2 Å². The zero-order chi connectivity index (χ0) is 15.4. The summed E-state index contributed by atoms with van der Waals surface area (Å²) in [4.78, 5) is 24.1. The van der Waals surface area contributed by atoms with Gasteiger partial charge in [-0.05, 0) is 55.5 Å². The van der Waals surface area contributed by atoms with Crippen LogP contribution in [-0.2, 0) is 25.5 Å². The van der Waals surface area contributed by atoms with Gasteiger partial charge in [0.15, 0.2) is 0 Å². The average Bonchev–Trinajstić information content (AvgIpc) is 2.82. The fraction of sp³-hybridized carbons (Fsp3) is 0.375. The highest BCUT2D eigenvalue weighted by molar-refractivity contribution is 6.20. The van der Waals surface area contributed by atoms with Crippen LogP contribution in [0.25, 0.3) is 5.57 Å². The minimum absolute atomic E-state index is 0.0796. The Kier molecular flexibility index (Phi) is 4.73. The van der Waals surface area contributed by atoms with Crippen molar-refractivity contribution in [1.29, 1.82) is 0 Å². The molecule has 0 spiro atoms. The molecule has 1 aliphatic rings. The molecule has 0 N–H and O–H groups in total. The van der Waals surface area contributed by atoms with Gasteiger partial charge in [0.2, 0.25) is 0 Å². The molecule has 0 atom stereocenters. The monoisotopic (exact) mass is 292 g/mol. The van der Waals surface area contributed by atoms with E-state index in [2.05, 4.69) is 0 Å². The second-order valence-electron chi connectivity index (χ2n) is 4.60. The maximum Gasteiger partial charge on any atom is 0.345 e. The first-order valence-electron chi connectivity index (χ1n) is 6.94. The zero-order valence-electron chi connectivity index (χ0n) is 12.1. The number of rotatable bonds is 4. The Morgan fingerprint density at radius 3 is 2.29 bits per heavy atom. The quantitative estimate of drug-likeness (QED) is 0.370. The molecule has 0 bridgehead atoms. The van der Waals surface area contributed by atoms with E-state index in [1.807, 2.05) is 0 Å². The number of allylic oxidation sites excluding steroid dienone is 1. The van der Waals surface area contributed by atoms with E-state index in [9.17, 15) is 14.0 Å². The third kappa shape index (κ3) is 3.12. The molecule has 0 saturated carbocycles. The maximum atomic E-state index is 13.2. The molecule has 0 amide bonds. The summed E-state index contributed by atoms with van der Waals surface area (Å²) in [6.07, 6.45) is 1.08. The van der Waals surface area contributed by atoms with Gasteiger partial charge < -0.3 is 9.47 Å². The van der Waals surface area contributed by atoms with Crippen LogP contribution in [0.15, 0.2) is 23.8 Å². The van der Waals surface area contributed by atoms with E-state index in [1.165, 1.54) is 12.1 Å². The average molecular weight is 292 g/mol. The SMILES string of the molecule is CCOC(=O)C(C(=O)OCC)=C1CCc2cc(F)ccc21. The Morgan fingerprint density at radius 2 is 1.71 bits per heavy atom. The minimum Gasteiger partial charge on any atom is -0.462 e. The molecule has 0 heterocycles. The largest absolute Gasteiger partial charge is 0.462 e. The maximum absolute atomic E-state index is 13.2. The Balaban J connectivity index is 2.50. The van der Waals surface area contributed by atoms with Gasteiger partial charge in [-0.2, -0.15) is 0 Å². The molecule has 4 nitrogen and oxygen atoms in total. The zero-order valence-corrected chi connectivity index (χ0v) is 12.1. The first-order valence-corrected chi connectivity index (χ1v) is 6.94. The number of fused-ring (bicyclic) bond motifs is 1. The van der Waals surface area contributed by atoms with Gasteiger partial charge in [0.1, 0.15) is 11.4 Å². The van der Waals surface area contributed by atoms with Crippen molar-refractivity contribution in [3.63, 3.8) is 0 Å². The Hall–Kier alpha value is -2.17. The summed E-state index contributed by atoms with van der Waals surface area (Å²) < 4.78 is 23.2. The highest BCUT2D eigenvalue weighted by Crippen LogP contribution is 2.35. The number of hydrogen-bond donors (Lipinski definition) is 0. The number of esters is 2. The van der Waals surface area contributed by atoms with Gasteiger partial charge in [-0.3, -0.25) is 0 Å². The van der Waals surface area contributed by atoms with Crippen LogP contribution in [-0.4, -0.2) is 25.2 Å². The Labute approximate surface area is 122 Å². The molecule has 21 heavy (non-hydrogen) atoms. The van der Waals surface area contributed by atoms with Gasteiger partial charge in [-0.25, -0.2) is 14.0 Å². The number of aryl methyl sites for hydroxylation is 1. The fourth-order valence-corrected chi connectivity index (χ4v) is 2.45. The first-order chi connectivity index (χ1) is 10.1. The van der Waals surface area contributed by atoms with E-state index < -0.39 is 11.9 Å². The van der Waals surface area contributed by atoms with Crippen LogP contribution >= 0.6 is 0 Å². The molecule has 5 heteroatoms. The topological polar surface area (TPSA) is 52.6 Å². The van der Waals surface area contributed by atoms with Crippen molar-refractivity contribution >= 4 is 17.5 Å². The summed E-state index contributed by atoms with van der Waals surface area (Å²) in [5.74, 6) is -1.71. The van der Waals surface area contributed by atoms with E-state index >= 15 is 0 Å². The molecular weight excluding hydrogens is 275 g/mol. The van der Waals surface area contributed by atoms with Crippen molar-refractivity contribution in [2.24, 2.45) is 0 Å². The number of ether oxygens (including phenoxy) is 2. The summed E-state index contributed by atoms with van der Waals surface area (Å²) in [5, 5.41) is 0. The van der Waals surface area contributed by atoms with Gasteiger partial charge >= 0.3 is 11.9 Å². The van der Waals surface area contributed by atoms with Gasteiger partial charge in [-0.15, -0.1) is 0 Å². The normalized spacial score (nSPS) is 12.8. The molecule has 0 aliphatic heterocycles. The Bertz CT molecular complexity index is 584. The third-order valence-electron chi connectivity index (χ3n) is 3.30. The lowest BCUT2D eigenvalue weighted by molar-refractivity contribution is -0.146. The van der Waals surface area contributed by atoms with E-state index in [-0.39, 0.29) is 24.6 Å². The van der Waals surface area contributed by atoms with E-state index in [0.717, 1.165) is 5.56 Å². The molecule has 0 saturated heterocycles. The summed E-state index contributed by atoms with van der Waals surface area (Å²) >= 11 is 0. The number of hydrogen-bond acceptors (Lipinski definition) is 4. The second-order valence-corrected chi connectivity index (χ2v) is 4.60. The van der Waals surface area contributed by atoms with Crippen molar-refractivity contribution in [3.8, 4) is 0 Å². The summed E-state index contributed by atoms with van der Waals surface area (Å²) in [6, 6.07) is 4.33. The van der Waals surface area contributed by atoms with Gasteiger partial charge in [0, 0.05) is 0 Å². The second kappa shape index (κ2) is 6.52. The molecule has 2 rings (SSSR count). The molecular formula is C16H17FO4. The summed E-state index contributed by atoms with van der Waals surface area (Å²) in [7, 11) is 0. The van der Waals surface area contributed by atoms with Crippen LogP contribution in [0.1, 0.15) is 31.4 Å². The number of halogens is 1. The predicted octanol–water partition coefficient (Wildman–Crippen LogP) is 2.65.